The van der Waals surface area contributed by atoms with Crippen molar-refractivity contribution >= 4 is 21.6 Å². The van der Waals surface area contributed by atoms with Gasteiger partial charge in [-0.2, -0.15) is 0 Å². The molecule has 0 bridgehead atoms. The van der Waals surface area contributed by atoms with Gasteiger partial charge in [0.15, 0.2) is 0 Å². The Bertz CT molecular complexity index is 745. The zero-order valence-electron chi connectivity index (χ0n) is 11.9. The molecule has 1 aromatic carbocycles. The van der Waals surface area contributed by atoms with E-state index in [2.05, 4.69) is 4.98 Å². The Balaban J connectivity index is 2.27. The number of nitrogens with one attached hydrogen (secondary N) is 1. The van der Waals surface area contributed by atoms with Crippen LogP contribution in [0.2, 0.25) is 0 Å². The number of hydrogen-bond acceptors (Lipinski definition) is 5. The molecule has 0 unspecified atom stereocenters. The molecule has 1 heterocycles. The predicted octanol–water partition coefficient (Wildman–Crippen LogP) is 0.651. The molecule has 0 aliphatic heterocycles. The summed E-state index contributed by atoms with van der Waals surface area (Å²) in [4.78, 5) is 15.3. The first-order valence-corrected chi connectivity index (χ1v) is 8.24. The lowest BCUT2D eigenvalue weighted by atomic mass is 10.1. The molecule has 2 aromatic rings. The molecule has 0 aliphatic rings. The van der Waals surface area contributed by atoms with E-state index >= 15 is 0 Å². The summed E-state index contributed by atoms with van der Waals surface area (Å²) in [6.07, 6.45) is 4.19. The molecular formula is C14H16N4O3S. The van der Waals surface area contributed by atoms with Crippen molar-refractivity contribution in [3.63, 3.8) is 0 Å². The lowest BCUT2D eigenvalue weighted by Crippen LogP contribution is -2.30. The van der Waals surface area contributed by atoms with Gasteiger partial charge in [-0.3, -0.25) is 19.5 Å². The van der Waals surface area contributed by atoms with Crippen LogP contribution in [0.15, 0.2) is 48.8 Å². The van der Waals surface area contributed by atoms with Crippen LogP contribution in [0.4, 0.5) is 5.69 Å². The molecule has 0 atom stereocenters. The lowest BCUT2D eigenvalue weighted by Gasteiger charge is -2.22. The van der Waals surface area contributed by atoms with Gasteiger partial charge >= 0.3 is 0 Å². The van der Waals surface area contributed by atoms with Crippen molar-refractivity contribution in [3.05, 3.63) is 59.9 Å². The normalized spacial score (nSPS) is 11.0. The Morgan fingerprint density at radius 2 is 1.95 bits per heavy atom. The number of amides is 1. The molecule has 8 heteroatoms. The quantitative estimate of drug-likeness (QED) is 0.478. The average Bonchev–Trinajstić information content (AvgIpc) is 2.52. The van der Waals surface area contributed by atoms with Crippen LogP contribution in [0.3, 0.4) is 0 Å². The number of anilines is 1. The number of nitrogens with two attached hydrogens (primary N) is 1. The van der Waals surface area contributed by atoms with Gasteiger partial charge in [0.05, 0.1) is 24.7 Å². The van der Waals surface area contributed by atoms with Crippen LogP contribution in [0.1, 0.15) is 15.9 Å². The van der Waals surface area contributed by atoms with Crippen molar-refractivity contribution < 1.29 is 13.2 Å². The minimum atomic E-state index is -3.45. The maximum Gasteiger partial charge on any atom is 0.265 e. The lowest BCUT2D eigenvalue weighted by molar-refractivity contribution is 0.0953. The monoisotopic (exact) mass is 320 g/mol. The van der Waals surface area contributed by atoms with Crippen LogP contribution in [-0.2, 0) is 16.6 Å². The molecule has 3 N–H and O–H groups in total. The molecule has 0 saturated carbocycles. The fraction of sp³-hybridized carbons (Fsp3) is 0.143. The van der Waals surface area contributed by atoms with Gasteiger partial charge in [0.25, 0.3) is 5.91 Å². The second-order valence-electron chi connectivity index (χ2n) is 4.65. The highest BCUT2D eigenvalue weighted by Gasteiger charge is 2.18. The largest absolute Gasteiger partial charge is 0.290 e. The van der Waals surface area contributed by atoms with E-state index in [-0.39, 0.29) is 6.54 Å². The van der Waals surface area contributed by atoms with Crippen LogP contribution in [-0.4, -0.2) is 25.6 Å². The molecular weight excluding hydrogens is 304 g/mol. The van der Waals surface area contributed by atoms with E-state index in [1.54, 1.807) is 42.6 Å². The van der Waals surface area contributed by atoms with Gasteiger partial charge in [0.1, 0.15) is 0 Å². The van der Waals surface area contributed by atoms with Gasteiger partial charge in [0, 0.05) is 11.8 Å². The molecule has 0 radical (unpaired) electrons. The summed E-state index contributed by atoms with van der Waals surface area (Å²) in [6.45, 7) is 0.148. The second-order valence-corrected chi connectivity index (χ2v) is 6.56. The van der Waals surface area contributed by atoms with Crippen LogP contribution >= 0.6 is 0 Å². The minimum Gasteiger partial charge on any atom is -0.290 e. The third kappa shape index (κ3) is 3.80. The number of pyridine rings is 1. The van der Waals surface area contributed by atoms with E-state index in [1.165, 1.54) is 10.5 Å². The molecule has 2 rings (SSSR count). The fourth-order valence-electron chi connectivity index (χ4n) is 1.91. The van der Waals surface area contributed by atoms with Crippen molar-refractivity contribution in [3.8, 4) is 0 Å². The van der Waals surface area contributed by atoms with Crippen molar-refractivity contribution in [2.24, 2.45) is 5.84 Å². The Kier molecular flexibility index (Phi) is 4.74. The van der Waals surface area contributed by atoms with Crippen LogP contribution in [0.25, 0.3) is 0 Å². The SMILES string of the molecule is CS(=O)(=O)N(Cc1ccc(C(=O)NN)cc1)c1cccnc1. The van der Waals surface area contributed by atoms with Gasteiger partial charge in [-0.25, -0.2) is 14.3 Å². The second kappa shape index (κ2) is 6.54. The number of hydrazine groups is 1. The van der Waals surface area contributed by atoms with E-state index in [0.29, 0.717) is 11.3 Å². The molecule has 0 fully saturated rings. The molecule has 0 saturated heterocycles. The first-order valence-electron chi connectivity index (χ1n) is 6.39. The number of nitrogens with zero attached hydrogens (tertiary/aromatic N) is 2. The van der Waals surface area contributed by atoms with Crippen molar-refractivity contribution in [2.75, 3.05) is 10.6 Å². The van der Waals surface area contributed by atoms with Crippen molar-refractivity contribution in [1.82, 2.24) is 10.4 Å². The third-order valence-corrected chi connectivity index (χ3v) is 4.15. The summed E-state index contributed by atoms with van der Waals surface area (Å²) in [6, 6.07) is 9.87. The van der Waals surface area contributed by atoms with Gasteiger partial charge < -0.3 is 0 Å². The molecule has 0 spiro atoms. The van der Waals surface area contributed by atoms with Gasteiger partial charge in [-0.15, -0.1) is 0 Å². The van der Waals surface area contributed by atoms with E-state index in [9.17, 15) is 13.2 Å². The summed E-state index contributed by atoms with van der Waals surface area (Å²) in [5.74, 6) is 4.66. The highest BCUT2D eigenvalue weighted by molar-refractivity contribution is 7.92. The first-order chi connectivity index (χ1) is 10.4. The number of nitrogen functional groups attached to an aromatic ring is 1. The molecule has 22 heavy (non-hydrogen) atoms. The number of benzene rings is 1. The Labute approximate surface area is 128 Å². The summed E-state index contributed by atoms with van der Waals surface area (Å²) >= 11 is 0. The van der Waals surface area contributed by atoms with Gasteiger partial charge in [-0.05, 0) is 29.8 Å². The smallest absolute Gasteiger partial charge is 0.265 e. The number of sulfonamides is 1. The number of carbonyl (C=O) groups excluding carboxylic acids is 1. The molecule has 7 nitrogen and oxygen atoms in total. The fourth-order valence-corrected chi connectivity index (χ4v) is 2.79. The molecule has 0 aliphatic carbocycles. The third-order valence-electron chi connectivity index (χ3n) is 3.01. The summed E-state index contributed by atoms with van der Waals surface area (Å²) in [5.41, 5.74) is 3.66. The summed E-state index contributed by atoms with van der Waals surface area (Å²) in [7, 11) is -3.45. The highest BCUT2D eigenvalue weighted by Crippen LogP contribution is 2.19. The average molecular weight is 320 g/mol. The number of hydrogen-bond donors (Lipinski definition) is 2. The van der Waals surface area contributed by atoms with Crippen LogP contribution in [0, 0.1) is 0 Å². The maximum atomic E-state index is 12.0. The summed E-state index contributed by atoms with van der Waals surface area (Å²) in [5, 5.41) is 0. The zero-order valence-corrected chi connectivity index (χ0v) is 12.7. The van der Waals surface area contributed by atoms with E-state index in [0.717, 1.165) is 11.8 Å². The van der Waals surface area contributed by atoms with Crippen molar-refractivity contribution in [1.29, 1.82) is 0 Å². The molecule has 116 valence electrons. The maximum absolute atomic E-state index is 12.0. The van der Waals surface area contributed by atoms with Gasteiger partial charge in [-0.1, -0.05) is 12.1 Å². The summed E-state index contributed by atoms with van der Waals surface area (Å²) < 4.78 is 25.2. The Hall–Kier alpha value is -2.45. The predicted molar refractivity (Wildman–Crippen MR) is 83.4 cm³/mol. The molecule has 1 amide bonds. The van der Waals surface area contributed by atoms with Gasteiger partial charge in [0.2, 0.25) is 10.0 Å². The first kappa shape index (κ1) is 15.9. The van der Waals surface area contributed by atoms with Crippen molar-refractivity contribution in [2.45, 2.75) is 6.54 Å². The highest BCUT2D eigenvalue weighted by atomic mass is 32.2. The minimum absolute atomic E-state index is 0.148. The molecule has 1 aromatic heterocycles. The zero-order chi connectivity index (χ0) is 16.2. The Morgan fingerprint density at radius 3 is 2.45 bits per heavy atom. The van der Waals surface area contributed by atoms with Crippen LogP contribution in [0.5, 0.6) is 0 Å². The number of aromatic nitrogens is 1. The van der Waals surface area contributed by atoms with Crippen LogP contribution < -0.4 is 15.6 Å². The topological polar surface area (TPSA) is 105 Å². The van der Waals surface area contributed by atoms with E-state index in [4.69, 9.17) is 5.84 Å². The van der Waals surface area contributed by atoms with E-state index in [1.807, 2.05) is 5.43 Å². The number of rotatable bonds is 5. The standard InChI is InChI=1S/C14H16N4O3S/c1-22(20,21)18(13-3-2-8-16-9-13)10-11-4-6-12(7-5-11)14(19)17-15/h2-9H,10,15H2,1H3,(H,17,19). The van der Waals surface area contributed by atoms with E-state index < -0.39 is 15.9 Å². The Morgan fingerprint density at radius 1 is 1.27 bits per heavy atom. The number of carbonyl (C=O) groups is 1.